The van der Waals surface area contributed by atoms with Crippen LogP contribution in [0.3, 0.4) is 0 Å². The maximum Gasteiger partial charge on any atom is 0.330 e. The van der Waals surface area contributed by atoms with Gasteiger partial charge in [-0.05, 0) is 36.4 Å². The second-order valence-corrected chi connectivity index (χ2v) is 4.82. The first-order valence-electron chi connectivity index (χ1n) is 6.08. The van der Waals surface area contributed by atoms with E-state index in [4.69, 9.17) is 16.7 Å². The third kappa shape index (κ3) is 2.28. The highest BCUT2D eigenvalue weighted by atomic mass is 35.5. The van der Waals surface area contributed by atoms with E-state index >= 15 is 0 Å². The molecule has 0 radical (unpaired) electrons. The normalized spacial score (nSPS) is 15.4. The first kappa shape index (κ1) is 13.3. The zero-order chi connectivity index (χ0) is 15.0. The summed E-state index contributed by atoms with van der Waals surface area (Å²) in [4.78, 5) is 29.0. The van der Waals surface area contributed by atoms with Crippen LogP contribution in [-0.2, 0) is 4.79 Å². The van der Waals surface area contributed by atoms with Crippen LogP contribution in [0.25, 0.3) is 5.70 Å². The third-order valence-corrected chi connectivity index (χ3v) is 3.32. The monoisotopic (exact) mass is 300 g/mol. The molecule has 104 valence electrons. The molecule has 3 rings (SSSR count). The number of anilines is 1. The number of carbonyl (C=O) groups excluding carboxylic acids is 1. The van der Waals surface area contributed by atoms with Crippen molar-refractivity contribution in [3.63, 3.8) is 0 Å². The van der Waals surface area contributed by atoms with Crippen LogP contribution in [0.5, 0.6) is 0 Å². The average Bonchev–Trinajstić information content (AvgIpc) is 2.73. The number of halogens is 1. The highest BCUT2D eigenvalue weighted by Gasteiger charge is 2.34. The minimum absolute atomic E-state index is 0.241. The lowest BCUT2D eigenvalue weighted by Crippen LogP contribution is -2.22. The summed E-state index contributed by atoms with van der Waals surface area (Å²) in [5, 5.41) is 9.56. The number of carboxylic acid groups (broad SMARTS) is 1. The maximum atomic E-state index is 12.5. The van der Waals surface area contributed by atoms with Crippen molar-refractivity contribution in [2.45, 2.75) is 0 Å². The van der Waals surface area contributed by atoms with E-state index in [2.05, 4.69) is 4.98 Å². The number of pyridine rings is 1. The number of fused-ring (bicyclic) bond motifs is 1. The van der Waals surface area contributed by atoms with Gasteiger partial charge in [-0.15, -0.1) is 0 Å². The molecule has 1 N–H and O–H groups in total. The Labute approximate surface area is 125 Å². The van der Waals surface area contributed by atoms with Crippen molar-refractivity contribution in [3.05, 3.63) is 65.0 Å². The fourth-order valence-corrected chi connectivity index (χ4v) is 2.34. The average molecular weight is 301 g/mol. The number of hydrogen-bond donors (Lipinski definition) is 1. The molecule has 1 aliphatic rings. The first-order chi connectivity index (χ1) is 10.1. The summed E-state index contributed by atoms with van der Waals surface area (Å²) in [6.45, 7) is 0. The Kier molecular flexibility index (Phi) is 3.19. The van der Waals surface area contributed by atoms with Crippen molar-refractivity contribution in [2.24, 2.45) is 0 Å². The molecule has 1 aromatic carbocycles. The highest BCUT2D eigenvalue weighted by Crippen LogP contribution is 2.35. The molecular weight excluding hydrogens is 292 g/mol. The van der Waals surface area contributed by atoms with E-state index in [1.807, 2.05) is 0 Å². The van der Waals surface area contributed by atoms with Gasteiger partial charge in [0.15, 0.2) is 0 Å². The molecule has 21 heavy (non-hydrogen) atoms. The van der Waals surface area contributed by atoms with Crippen molar-refractivity contribution >= 4 is 34.9 Å². The van der Waals surface area contributed by atoms with Crippen LogP contribution in [0.4, 0.5) is 5.69 Å². The number of amides is 1. The van der Waals surface area contributed by atoms with Gasteiger partial charge in [-0.25, -0.2) is 4.79 Å². The van der Waals surface area contributed by atoms with Crippen molar-refractivity contribution in [1.29, 1.82) is 0 Å². The summed E-state index contributed by atoms with van der Waals surface area (Å²) >= 11 is 5.84. The van der Waals surface area contributed by atoms with Crippen LogP contribution < -0.4 is 4.90 Å². The molecular formula is C15H9ClN2O3. The highest BCUT2D eigenvalue weighted by molar-refractivity contribution is 6.30. The Morgan fingerprint density at radius 2 is 1.95 bits per heavy atom. The van der Waals surface area contributed by atoms with Crippen molar-refractivity contribution in [3.8, 4) is 0 Å². The molecule has 6 heteroatoms. The van der Waals surface area contributed by atoms with Crippen LogP contribution in [-0.4, -0.2) is 22.0 Å². The van der Waals surface area contributed by atoms with Gasteiger partial charge in [0.1, 0.15) is 5.69 Å². The quantitative estimate of drug-likeness (QED) is 0.866. The van der Waals surface area contributed by atoms with Crippen LogP contribution in [0.1, 0.15) is 16.1 Å². The molecule has 0 spiro atoms. The van der Waals surface area contributed by atoms with E-state index in [1.54, 1.807) is 36.4 Å². The van der Waals surface area contributed by atoms with Gasteiger partial charge >= 0.3 is 5.97 Å². The minimum atomic E-state index is -1.14. The predicted octanol–water partition coefficient (Wildman–Crippen LogP) is 2.82. The van der Waals surface area contributed by atoms with Gasteiger partial charge in [-0.2, -0.15) is 0 Å². The Balaban J connectivity index is 2.18. The van der Waals surface area contributed by atoms with Gasteiger partial charge in [0.25, 0.3) is 5.91 Å². The fourth-order valence-electron chi connectivity index (χ4n) is 2.21. The maximum absolute atomic E-state index is 12.5. The zero-order valence-electron chi connectivity index (χ0n) is 10.7. The molecule has 1 aromatic heterocycles. The minimum Gasteiger partial charge on any atom is -0.478 e. The summed E-state index contributed by atoms with van der Waals surface area (Å²) in [5.74, 6) is -1.46. The largest absolute Gasteiger partial charge is 0.478 e. The molecule has 0 fully saturated rings. The van der Waals surface area contributed by atoms with Gasteiger partial charge in [-0.1, -0.05) is 11.6 Å². The lowest BCUT2D eigenvalue weighted by Gasteiger charge is -2.17. The summed E-state index contributed by atoms with van der Waals surface area (Å²) < 4.78 is 0. The number of hydrogen-bond acceptors (Lipinski definition) is 3. The first-order valence-corrected chi connectivity index (χ1v) is 6.46. The Hall–Kier alpha value is -2.66. The lowest BCUT2D eigenvalue weighted by atomic mass is 10.2. The number of carbonyl (C=O) groups is 2. The van der Waals surface area contributed by atoms with Gasteiger partial charge in [-0.3, -0.25) is 14.7 Å². The predicted molar refractivity (Wildman–Crippen MR) is 78.1 cm³/mol. The second-order valence-electron chi connectivity index (χ2n) is 4.38. The van der Waals surface area contributed by atoms with E-state index in [9.17, 15) is 9.59 Å². The number of aliphatic carboxylic acids is 1. The molecule has 1 amide bonds. The Bertz CT molecular complexity index is 769. The van der Waals surface area contributed by atoms with E-state index in [1.165, 1.54) is 11.1 Å². The molecule has 5 nitrogen and oxygen atoms in total. The lowest BCUT2D eigenvalue weighted by molar-refractivity contribution is -0.131. The van der Waals surface area contributed by atoms with Crippen LogP contribution in [0.15, 0.2) is 48.7 Å². The molecule has 0 saturated heterocycles. The molecule has 2 aromatic rings. The standard InChI is InChI=1S/C15H9ClN2O3/c16-9-3-5-10(6-4-9)18-12(8-13(19)20)14-11(15(18)21)2-1-7-17-14/h1-8H,(H,19,20)/b12-8+. The number of aromatic nitrogens is 1. The van der Waals surface area contributed by atoms with E-state index < -0.39 is 5.97 Å². The van der Waals surface area contributed by atoms with E-state index in [-0.39, 0.29) is 11.6 Å². The number of carboxylic acids is 1. The molecule has 0 bridgehead atoms. The second kappa shape index (κ2) is 5.03. The molecule has 2 heterocycles. The smallest absolute Gasteiger partial charge is 0.330 e. The summed E-state index contributed by atoms with van der Waals surface area (Å²) in [6, 6.07) is 9.85. The number of benzene rings is 1. The molecule has 0 aliphatic carbocycles. The molecule has 0 unspecified atom stereocenters. The van der Waals surface area contributed by atoms with Gasteiger partial charge in [0, 0.05) is 23.0 Å². The fraction of sp³-hybridized carbons (Fsp3) is 0. The van der Waals surface area contributed by atoms with Crippen LogP contribution >= 0.6 is 11.6 Å². The van der Waals surface area contributed by atoms with Gasteiger partial charge in [0.05, 0.1) is 11.3 Å². The summed E-state index contributed by atoms with van der Waals surface area (Å²) in [7, 11) is 0. The Morgan fingerprint density at radius 3 is 2.62 bits per heavy atom. The van der Waals surface area contributed by atoms with E-state index in [0.717, 1.165) is 6.08 Å². The zero-order valence-corrected chi connectivity index (χ0v) is 11.4. The number of nitrogens with zero attached hydrogens (tertiary/aromatic N) is 2. The van der Waals surface area contributed by atoms with Gasteiger partial charge < -0.3 is 5.11 Å². The van der Waals surface area contributed by atoms with Gasteiger partial charge in [0.2, 0.25) is 0 Å². The summed E-state index contributed by atoms with van der Waals surface area (Å²) in [5.41, 5.74) is 1.51. The molecule has 0 saturated carbocycles. The van der Waals surface area contributed by atoms with E-state index in [0.29, 0.717) is 22.0 Å². The van der Waals surface area contributed by atoms with Crippen LogP contribution in [0.2, 0.25) is 5.02 Å². The number of rotatable bonds is 2. The molecule has 0 atom stereocenters. The Morgan fingerprint density at radius 1 is 1.24 bits per heavy atom. The summed E-state index contributed by atoms with van der Waals surface area (Å²) in [6.07, 6.45) is 2.50. The SMILES string of the molecule is O=C(O)/C=C1\c2ncccc2C(=O)N1c1ccc(Cl)cc1. The molecule has 1 aliphatic heterocycles. The third-order valence-electron chi connectivity index (χ3n) is 3.07. The van der Waals surface area contributed by atoms with Crippen LogP contribution in [0, 0.1) is 0 Å². The van der Waals surface area contributed by atoms with Crippen molar-refractivity contribution < 1.29 is 14.7 Å². The van der Waals surface area contributed by atoms with Crippen molar-refractivity contribution in [1.82, 2.24) is 4.98 Å². The topological polar surface area (TPSA) is 70.5 Å². The van der Waals surface area contributed by atoms with Crippen molar-refractivity contribution in [2.75, 3.05) is 4.90 Å².